The largest absolute Gasteiger partial charge is 0.373 e. The molecule has 3 atom stereocenters. The SMILES string of the molecule is CCNC(=NCc1ccccc1-n1cccn1)NC1CC2CCC1O2. The fraction of sp³-hybridized carbons (Fsp3) is 0.474. The van der Waals surface area contributed by atoms with Crippen molar-refractivity contribution in [3.8, 4) is 5.69 Å². The molecule has 0 saturated carbocycles. The highest BCUT2D eigenvalue weighted by atomic mass is 16.5. The second kappa shape index (κ2) is 7.27. The van der Waals surface area contributed by atoms with Gasteiger partial charge in [-0.3, -0.25) is 0 Å². The maximum absolute atomic E-state index is 5.94. The van der Waals surface area contributed by atoms with E-state index in [-0.39, 0.29) is 0 Å². The number of guanidine groups is 1. The monoisotopic (exact) mass is 339 g/mol. The third-order valence-electron chi connectivity index (χ3n) is 4.92. The van der Waals surface area contributed by atoms with Gasteiger partial charge in [0.15, 0.2) is 5.96 Å². The van der Waals surface area contributed by atoms with Crippen LogP contribution in [0.25, 0.3) is 5.69 Å². The summed E-state index contributed by atoms with van der Waals surface area (Å²) in [4.78, 5) is 4.80. The van der Waals surface area contributed by atoms with Gasteiger partial charge in [-0.2, -0.15) is 5.10 Å². The second-order valence-electron chi connectivity index (χ2n) is 6.63. The molecule has 4 rings (SSSR count). The summed E-state index contributed by atoms with van der Waals surface area (Å²) >= 11 is 0. The molecule has 2 aliphatic heterocycles. The number of para-hydroxylation sites is 1. The molecule has 0 radical (unpaired) electrons. The molecule has 132 valence electrons. The van der Waals surface area contributed by atoms with Gasteiger partial charge in [0.25, 0.3) is 0 Å². The van der Waals surface area contributed by atoms with E-state index in [0.717, 1.165) is 36.6 Å². The Morgan fingerprint density at radius 3 is 2.96 bits per heavy atom. The van der Waals surface area contributed by atoms with E-state index in [0.29, 0.717) is 24.8 Å². The van der Waals surface area contributed by atoms with Crippen LogP contribution >= 0.6 is 0 Å². The Morgan fingerprint density at radius 2 is 2.24 bits per heavy atom. The van der Waals surface area contributed by atoms with Crippen LogP contribution in [-0.2, 0) is 11.3 Å². The van der Waals surface area contributed by atoms with Gasteiger partial charge in [0.1, 0.15) is 0 Å². The van der Waals surface area contributed by atoms with Crippen molar-refractivity contribution in [1.82, 2.24) is 20.4 Å². The molecule has 2 aliphatic rings. The van der Waals surface area contributed by atoms with Gasteiger partial charge in [-0.1, -0.05) is 18.2 Å². The van der Waals surface area contributed by atoms with Crippen molar-refractivity contribution in [1.29, 1.82) is 0 Å². The molecule has 2 N–H and O–H groups in total. The highest BCUT2D eigenvalue weighted by Gasteiger charge is 2.41. The van der Waals surface area contributed by atoms with Gasteiger partial charge in [0.2, 0.25) is 0 Å². The summed E-state index contributed by atoms with van der Waals surface area (Å²) in [6.07, 6.45) is 7.96. The molecule has 0 spiro atoms. The zero-order valence-electron chi connectivity index (χ0n) is 14.6. The number of nitrogens with one attached hydrogen (secondary N) is 2. The summed E-state index contributed by atoms with van der Waals surface area (Å²) in [5.74, 6) is 0.860. The molecule has 3 heterocycles. The molecule has 2 bridgehead atoms. The number of fused-ring (bicyclic) bond motifs is 2. The maximum atomic E-state index is 5.94. The third kappa shape index (κ3) is 3.54. The Bertz CT molecular complexity index is 727. The summed E-state index contributed by atoms with van der Waals surface area (Å²) in [5, 5.41) is 11.3. The van der Waals surface area contributed by atoms with Crippen LogP contribution in [0.15, 0.2) is 47.7 Å². The van der Waals surface area contributed by atoms with Gasteiger partial charge >= 0.3 is 0 Å². The lowest BCUT2D eigenvalue weighted by atomic mass is 9.96. The Labute approximate surface area is 148 Å². The first kappa shape index (κ1) is 16.1. The normalized spacial score (nSPS) is 25.3. The van der Waals surface area contributed by atoms with Crippen molar-refractivity contribution in [2.75, 3.05) is 6.54 Å². The van der Waals surface area contributed by atoms with Crippen molar-refractivity contribution in [3.63, 3.8) is 0 Å². The average Bonchev–Trinajstić information content (AvgIpc) is 3.38. The van der Waals surface area contributed by atoms with Gasteiger partial charge in [0, 0.05) is 18.9 Å². The van der Waals surface area contributed by atoms with E-state index in [1.807, 2.05) is 29.1 Å². The highest BCUT2D eigenvalue weighted by Crippen LogP contribution is 2.34. The zero-order chi connectivity index (χ0) is 17.1. The number of rotatable bonds is 5. The lowest BCUT2D eigenvalue weighted by Crippen LogP contribution is -2.47. The fourth-order valence-corrected chi connectivity index (χ4v) is 3.73. The molecule has 0 amide bonds. The van der Waals surface area contributed by atoms with Crippen LogP contribution in [0.2, 0.25) is 0 Å². The summed E-state index contributed by atoms with van der Waals surface area (Å²) in [5.41, 5.74) is 2.21. The number of ether oxygens (including phenoxy) is 1. The number of nitrogens with zero attached hydrogens (tertiary/aromatic N) is 3. The van der Waals surface area contributed by atoms with Crippen LogP contribution in [0, 0.1) is 0 Å². The topological polar surface area (TPSA) is 63.5 Å². The van der Waals surface area contributed by atoms with Crippen molar-refractivity contribution in [2.45, 2.75) is 51.0 Å². The lowest BCUT2D eigenvalue weighted by Gasteiger charge is -2.22. The first-order valence-electron chi connectivity index (χ1n) is 9.11. The van der Waals surface area contributed by atoms with E-state index in [1.54, 1.807) is 6.20 Å². The van der Waals surface area contributed by atoms with E-state index in [1.165, 1.54) is 6.42 Å². The van der Waals surface area contributed by atoms with Crippen molar-refractivity contribution in [2.24, 2.45) is 4.99 Å². The van der Waals surface area contributed by atoms with Crippen molar-refractivity contribution in [3.05, 3.63) is 48.3 Å². The van der Waals surface area contributed by atoms with E-state index in [2.05, 4.69) is 34.8 Å². The van der Waals surface area contributed by atoms with Crippen LogP contribution < -0.4 is 10.6 Å². The summed E-state index contributed by atoms with van der Waals surface area (Å²) < 4.78 is 7.82. The fourth-order valence-electron chi connectivity index (χ4n) is 3.73. The molecule has 1 aromatic carbocycles. The summed E-state index contributed by atoms with van der Waals surface area (Å²) in [6, 6.07) is 10.5. The number of hydrogen-bond donors (Lipinski definition) is 2. The Kier molecular flexibility index (Phi) is 4.70. The van der Waals surface area contributed by atoms with Crippen molar-refractivity contribution >= 4 is 5.96 Å². The summed E-state index contributed by atoms with van der Waals surface area (Å²) in [7, 11) is 0. The predicted octanol–water partition coefficient (Wildman–Crippen LogP) is 2.25. The highest BCUT2D eigenvalue weighted by molar-refractivity contribution is 5.80. The molecule has 3 unspecified atom stereocenters. The Balaban J connectivity index is 1.48. The first-order valence-corrected chi connectivity index (χ1v) is 9.11. The van der Waals surface area contributed by atoms with Crippen molar-refractivity contribution < 1.29 is 4.74 Å². The number of benzene rings is 1. The molecule has 6 heteroatoms. The number of hydrogen-bond acceptors (Lipinski definition) is 3. The Morgan fingerprint density at radius 1 is 1.32 bits per heavy atom. The molecule has 1 aromatic heterocycles. The number of aliphatic imine (C=N–C) groups is 1. The van der Waals surface area contributed by atoms with Crippen LogP contribution in [0.4, 0.5) is 0 Å². The van der Waals surface area contributed by atoms with E-state index >= 15 is 0 Å². The lowest BCUT2D eigenvalue weighted by molar-refractivity contribution is 0.0992. The van der Waals surface area contributed by atoms with E-state index in [4.69, 9.17) is 9.73 Å². The molecule has 0 aliphatic carbocycles. The minimum absolute atomic E-state index is 0.338. The quantitative estimate of drug-likeness (QED) is 0.648. The maximum Gasteiger partial charge on any atom is 0.191 e. The predicted molar refractivity (Wildman–Crippen MR) is 97.8 cm³/mol. The molecular formula is C19H25N5O. The standard InChI is InChI=1S/C19H25N5O/c1-2-20-19(23-16-12-15-8-9-18(16)25-15)21-13-14-6-3-4-7-17(14)24-11-5-10-22-24/h3-7,10-11,15-16,18H,2,8-9,12-13H2,1H3,(H2,20,21,23). The molecule has 2 aromatic rings. The van der Waals surface area contributed by atoms with Gasteiger partial charge in [-0.05, 0) is 43.9 Å². The Hall–Kier alpha value is -2.34. The molecular weight excluding hydrogens is 314 g/mol. The first-order chi connectivity index (χ1) is 12.3. The number of aromatic nitrogens is 2. The van der Waals surface area contributed by atoms with Gasteiger partial charge < -0.3 is 15.4 Å². The minimum Gasteiger partial charge on any atom is -0.373 e. The third-order valence-corrected chi connectivity index (χ3v) is 4.92. The van der Waals surface area contributed by atoms with Gasteiger partial charge in [0.05, 0.1) is 30.5 Å². The molecule has 2 fully saturated rings. The zero-order valence-corrected chi connectivity index (χ0v) is 14.6. The molecule has 25 heavy (non-hydrogen) atoms. The van der Waals surface area contributed by atoms with Crippen LogP contribution in [0.5, 0.6) is 0 Å². The van der Waals surface area contributed by atoms with Crippen LogP contribution in [0.1, 0.15) is 31.7 Å². The second-order valence-corrected chi connectivity index (χ2v) is 6.63. The van der Waals surface area contributed by atoms with E-state index in [9.17, 15) is 0 Å². The van der Waals surface area contributed by atoms with Crippen LogP contribution in [-0.4, -0.2) is 40.5 Å². The molecule has 2 saturated heterocycles. The minimum atomic E-state index is 0.338. The van der Waals surface area contributed by atoms with Gasteiger partial charge in [-0.15, -0.1) is 0 Å². The van der Waals surface area contributed by atoms with Gasteiger partial charge in [-0.25, -0.2) is 9.67 Å². The molecule has 6 nitrogen and oxygen atoms in total. The average molecular weight is 339 g/mol. The smallest absolute Gasteiger partial charge is 0.191 e. The van der Waals surface area contributed by atoms with Crippen LogP contribution in [0.3, 0.4) is 0 Å². The summed E-state index contributed by atoms with van der Waals surface area (Å²) in [6.45, 7) is 3.54. The van der Waals surface area contributed by atoms with E-state index < -0.39 is 0 Å².